The molecule has 1 aliphatic rings. The molecule has 1 N–H and O–H groups in total. The van der Waals surface area contributed by atoms with E-state index in [1.165, 1.54) is 19.1 Å². The molecule has 3 rings (SSSR count). The van der Waals surface area contributed by atoms with Gasteiger partial charge in [0.1, 0.15) is 5.69 Å². The molecule has 1 heterocycles. The van der Waals surface area contributed by atoms with Gasteiger partial charge >= 0.3 is 5.97 Å². The maximum Gasteiger partial charge on any atom is 0.339 e. The Balaban J connectivity index is 1.70. The Morgan fingerprint density at radius 3 is 2.59 bits per heavy atom. The van der Waals surface area contributed by atoms with E-state index >= 15 is 0 Å². The zero-order valence-corrected chi connectivity index (χ0v) is 16.5. The maximum atomic E-state index is 12.4. The Labute approximate surface area is 172 Å². The van der Waals surface area contributed by atoms with E-state index < -0.39 is 22.9 Å². The molecule has 0 spiro atoms. The quantitative estimate of drug-likeness (QED) is 0.432. The highest BCUT2D eigenvalue weighted by atomic mass is 35.5. The first kappa shape index (κ1) is 20.6. The topological polar surface area (TPSA) is 102 Å². The first-order valence-electron chi connectivity index (χ1n) is 9.16. The number of esters is 1. The summed E-state index contributed by atoms with van der Waals surface area (Å²) in [5, 5.41) is 14.5. The number of carbonyl (C=O) groups excluding carboxylic acids is 2. The number of nitrogens with one attached hydrogen (secondary N) is 1. The Bertz CT molecular complexity index is 943. The number of ether oxygens (including phenoxy) is 1. The molecule has 29 heavy (non-hydrogen) atoms. The molecule has 0 aliphatic carbocycles. The minimum atomic E-state index is -1.10. The van der Waals surface area contributed by atoms with E-state index in [2.05, 4.69) is 5.32 Å². The lowest BCUT2D eigenvalue weighted by atomic mass is 10.1. The Kier molecular flexibility index (Phi) is 6.33. The second-order valence-corrected chi connectivity index (χ2v) is 7.14. The third-order valence-electron chi connectivity index (χ3n) is 4.60. The van der Waals surface area contributed by atoms with Crippen LogP contribution in [0.15, 0.2) is 42.5 Å². The van der Waals surface area contributed by atoms with Crippen LogP contribution in [0.5, 0.6) is 0 Å². The van der Waals surface area contributed by atoms with Crippen molar-refractivity contribution in [2.75, 3.05) is 23.3 Å². The number of nitro groups is 1. The SMILES string of the molecule is C[C@@H](OC(=O)c1ccc(N2CCCC2)c([N+](=O)[O-])c1)C(=O)Nc1cccc(Cl)c1. The molecule has 0 aromatic heterocycles. The van der Waals surface area contributed by atoms with Gasteiger partial charge in [0, 0.05) is 29.9 Å². The van der Waals surface area contributed by atoms with Gasteiger partial charge in [-0.3, -0.25) is 14.9 Å². The van der Waals surface area contributed by atoms with Crippen molar-refractivity contribution in [2.45, 2.75) is 25.9 Å². The van der Waals surface area contributed by atoms with Crippen molar-refractivity contribution >= 4 is 40.5 Å². The number of halogens is 1. The largest absolute Gasteiger partial charge is 0.449 e. The Hall–Kier alpha value is -3.13. The van der Waals surface area contributed by atoms with Crippen LogP contribution in [0.3, 0.4) is 0 Å². The third-order valence-corrected chi connectivity index (χ3v) is 4.83. The monoisotopic (exact) mass is 417 g/mol. The Morgan fingerprint density at radius 1 is 1.21 bits per heavy atom. The summed E-state index contributed by atoms with van der Waals surface area (Å²) in [6.45, 7) is 2.90. The molecule has 0 saturated carbocycles. The van der Waals surface area contributed by atoms with Gasteiger partial charge in [-0.15, -0.1) is 0 Å². The molecule has 0 radical (unpaired) electrons. The van der Waals surface area contributed by atoms with Crippen molar-refractivity contribution < 1.29 is 19.2 Å². The van der Waals surface area contributed by atoms with Gasteiger partial charge in [-0.2, -0.15) is 0 Å². The molecule has 1 atom stereocenters. The van der Waals surface area contributed by atoms with Crippen LogP contribution < -0.4 is 10.2 Å². The molecular formula is C20H20ClN3O5. The highest BCUT2D eigenvalue weighted by molar-refractivity contribution is 6.30. The summed E-state index contributed by atoms with van der Waals surface area (Å²) in [7, 11) is 0. The molecule has 1 fully saturated rings. The number of hydrogen-bond acceptors (Lipinski definition) is 6. The predicted octanol–water partition coefficient (Wildman–Crippen LogP) is 4.03. The van der Waals surface area contributed by atoms with Gasteiger partial charge < -0.3 is 15.0 Å². The lowest BCUT2D eigenvalue weighted by Gasteiger charge is -2.18. The van der Waals surface area contributed by atoms with E-state index in [4.69, 9.17) is 16.3 Å². The second kappa shape index (κ2) is 8.91. The molecule has 2 aromatic rings. The van der Waals surface area contributed by atoms with Crippen molar-refractivity contribution in [3.63, 3.8) is 0 Å². The van der Waals surface area contributed by atoms with Crippen LogP contribution >= 0.6 is 11.6 Å². The van der Waals surface area contributed by atoms with Gasteiger partial charge in [0.25, 0.3) is 11.6 Å². The van der Waals surface area contributed by atoms with Crippen molar-refractivity contribution in [1.82, 2.24) is 0 Å². The van der Waals surface area contributed by atoms with Crippen molar-refractivity contribution in [2.24, 2.45) is 0 Å². The van der Waals surface area contributed by atoms with Gasteiger partial charge in [0.15, 0.2) is 6.10 Å². The minimum Gasteiger partial charge on any atom is -0.449 e. The summed E-state index contributed by atoms with van der Waals surface area (Å²) >= 11 is 5.88. The average molecular weight is 418 g/mol. The molecule has 2 aromatic carbocycles. The maximum absolute atomic E-state index is 12.4. The standard InChI is InChI=1S/C20H20ClN3O5/c1-13(19(25)22-16-6-4-5-15(21)12-16)29-20(26)14-7-8-17(18(11-14)24(27)28)23-9-2-3-10-23/h4-8,11-13H,2-3,9-10H2,1H3,(H,22,25)/t13-/m1/s1. The molecule has 152 valence electrons. The van der Waals surface area contributed by atoms with E-state index in [1.54, 1.807) is 30.3 Å². The number of nitro benzene ring substituents is 1. The van der Waals surface area contributed by atoms with Crippen LogP contribution in [0.2, 0.25) is 5.02 Å². The number of rotatable bonds is 6. The lowest BCUT2D eigenvalue weighted by molar-refractivity contribution is -0.384. The van der Waals surface area contributed by atoms with Crippen LogP contribution in [-0.4, -0.2) is 36.0 Å². The van der Waals surface area contributed by atoms with Gasteiger partial charge in [-0.25, -0.2) is 4.79 Å². The highest BCUT2D eigenvalue weighted by Crippen LogP contribution is 2.32. The smallest absolute Gasteiger partial charge is 0.339 e. The summed E-state index contributed by atoms with van der Waals surface area (Å²) in [5.74, 6) is -1.35. The molecule has 1 saturated heterocycles. The highest BCUT2D eigenvalue weighted by Gasteiger charge is 2.25. The number of hydrogen-bond donors (Lipinski definition) is 1. The summed E-state index contributed by atoms with van der Waals surface area (Å²) in [6.07, 6.45) is 0.847. The van der Waals surface area contributed by atoms with Crippen molar-refractivity contribution in [3.8, 4) is 0 Å². The summed E-state index contributed by atoms with van der Waals surface area (Å²) in [6, 6.07) is 10.8. The van der Waals surface area contributed by atoms with Gasteiger partial charge in [-0.1, -0.05) is 17.7 Å². The summed E-state index contributed by atoms with van der Waals surface area (Å²) < 4.78 is 5.18. The lowest BCUT2D eigenvalue weighted by Crippen LogP contribution is -2.30. The fourth-order valence-corrected chi connectivity index (χ4v) is 3.30. The van der Waals surface area contributed by atoms with Gasteiger partial charge in [0.05, 0.1) is 10.5 Å². The fourth-order valence-electron chi connectivity index (χ4n) is 3.11. The number of anilines is 2. The number of benzene rings is 2. The molecule has 8 nitrogen and oxygen atoms in total. The molecule has 1 aliphatic heterocycles. The van der Waals surface area contributed by atoms with Gasteiger partial charge in [-0.05, 0) is 50.1 Å². The summed E-state index contributed by atoms with van der Waals surface area (Å²) in [4.78, 5) is 37.5. The van der Waals surface area contributed by atoms with E-state index in [0.29, 0.717) is 16.4 Å². The van der Waals surface area contributed by atoms with Crippen molar-refractivity contribution in [3.05, 3.63) is 63.2 Å². The van der Waals surface area contributed by atoms with Crippen LogP contribution in [0.4, 0.5) is 17.1 Å². The zero-order chi connectivity index (χ0) is 21.0. The first-order valence-corrected chi connectivity index (χ1v) is 9.54. The van der Waals surface area contributed by atoms with Crippen molar-refractivity contribution in [1.29, 1.82) is 0 Å². The van der Waals surface area contributed by atoms with Crippen LogP contribution in [0.25, 0.3) is 0 Å². The molecule has 1 amide bonds. The first-order chi connectivity index (χ1) is 13.8. The second-order valence-electron chi connectivity index (χ2n) is 6.70. The van der Waals surface area contributed by atoms with E-state index in [1.807, 2.05) is 4.90 Å². The zero-order valence-electron chi connectivity index (χ0n) is 15.8. The Morgan fingerprint density at radius 2 is 1.93 bits per heavy atom. The van der Waals surface area contributed by atoms with Crippen LogP contribution in [-0.2, 0) is 9.53 Å². The van der Waals surface area contributed by atoms with Crippen LogP contribution in [0, 0.1) is 10.1 Å². The average Bonchev–Trinajstić information content (AvgIpc) is 3.22. The molecule has 9 heteroatoms. The molecule has 0 bridgehead atoms. The normalized spacial score (nSPS) is 14.3. The predicted molar refractivity (Wildman–Crippen MR) is 110 cm³/mol. The third kappa shape index (κ3) is 5.03. The minimum absolute atomic E-state index is 0.0158. The van der Waals surface area contributed by atoms with E-state index in [-0.39, 0.29) is 11.3 Å². The molecule has 0 unspecified atom stereocenters. The van der Waals surface area contributed by atoms with E-state index in [0.717, 1.165) is 25.9 Å². The van der Waals surface area contributed by atoms with E-state index in [9.17, 15) is 19.7 Å². The summed E-state index contributed by atoms with van der Waals surface area (Å²) in [5.41, 5.74) is 0.811. The van der Waals surface area contributed by atoms with Crippen LogP contribution in [0.1, 0.15) is 30.1 Å². The fraction of sp³-hybridized carbons (Fsp3) is 0.300. The number of amides is 1. The van der Waals surface area contributed by atoms with Gasteiger partial charge in [0.2, 0.25) is 0 Å². The number of carbonyl (C=O) groups is 2. The molecular weight excluding hydrogens is 398 g/mol. The number of nitrogens with zero attached hydrogens (tertiary/aromatic N) is 2.